The maximum Gasteiger partial charge on any atom is 0.326 e. The Labute approximate surface area is 131 Å². The molecule has 0 aliphatic carbocycles. The average Bonchev–Trinajstić information content (AvgIpc) is 2.42. The molecule has 7 heteroatoms. The van der Waals surface area contributed by atoms with Gasteiger partial charge in [0, 0.05) is 6.42 Å². The first kappa shape index (κ1) is 20.4. The maximum absolute atomic E-state index is 11.7. The summed E-state index contributed by atoms with van der Waals surface area (Å²) >= 11 is 0. The van der Waals surface area contributed by atoms with Crippen molar-refractivity contribution in [3.8, 4) is 0 Å². The predicted molar refractivity (Wildman–Crippen MR) is 82.0 cm³/mol. The molecule has 0 aromatic carbocycles. The number of aliphatic hydroxyl groups excluding tert-OH is 1. The van der Waals surface area contributed by atoms with Crippen LogP contribution in [0.3, 0.4) is 0 Å². The molecule has 0 aliphatic rings. The SMILES string of the molecule is CCCCCCCC(O)CC(=O)NC(CCC(N)=O)C(=O)O. The minimum absolute atomic E-state index is 0.0521. The van der Waals surface area contributed by atoms with Crippen LogP contribution in [0.15, 0.2) is 0 Å². The summed E-state index contributed by atoms with van der Waals surface area (Å²) in [6.45, 7) is 2.12. The van der Waals surface area contributed by atoms with Gasteiger partial charge in [0.1, 0.15) is 6.04 Å². The van der Waals surface area contributed by atoms with Crippen LogP contribution in [-0.4, -0.2) is 40.1 Å². The first-order valence-corrected chi connectivity index (χ1v) is 7.85. The smallest absolute Gasteiger partial charge is 0.326 e. The Morgan fingerprint density at radius 2 is 1.73 bits per heavy atom. The molecule has 5 N–H and O–H groups in total. The Bertz CT molecular complexity index is 360. The third-order valence-electron chi connectivity index (χ3n) is 3.37. The number of hydrogen-bond acceptors (Lipinski definition) is 4. The lowest BCUT2D eigenvalue weighted by molar-refractivity contribution is -0.142. The molecule has 2 amide bonds. The van der Waals surface area contributed by atoms with Crippen LogP contribution in [0, 0.1) is 0 Å². The Kier molecular flexibility index (Phi) is 11.1. The first-order valence-electron chi connectivity index (χ1n) is 7.85. The molecule has 0 aromatic rings. The van der Waals surface area contributed by atoms with Gasteiger partial charge in [-0.05, 0) is 12.8 Å². The van der Waals surface area contributed by atoms with Crippen LogP contribution in [0.5, 0.6) is 0 Å². The van der Waals surface area contributed by atoms with Crippen molar-refractivity contribution in [3.05, 3.63) is 0 Å². The van der Waals surface area contributed by atoms with E-state index in [0.29, 0.717) is 6.42 Å². The van der Waals surface area contributed by atoms with E-state index in [1.54, 1.807) is 0 Å². The van der Waals surface area contributed by atoms with Crippen molar-refractivity contribution < 1.29 is 24.6 Å². The number of carboxylic acids is 1. The van der Waals surface area contributed by atoms with Crippen LogP contribution < -0.4 is 11.1 Å². The number of primary amides is 1. The third kappa shape index (κ3) is 11.1. The average molecular weight is 316 g/mol. The highest BCUT2D eigenvalue weighted by molar-refractivity contribution is 5.84. The lowest BCUT2D eigenvalue weighted by atomic mass is 10.1. The molecule has 0 saturated heterocycles. The van der Waals surface area contributed by atoms with E-state index < -0.39 is 29.9 Å². The maximum atomic E-state index is 11.7. The highest BCUT2D eigenvalue weighted by Crippen LogP contribution is 2.09. The first-order chi connectivity index (χ1) is 10.4. The normalized spacial score (nSPS) is 13.4. The number of carbonyl (C=O) groups is 3. The fraction of sp³-hybridized carbons (Fsp3) is 0.800. The van der Waals surface area contributed by atoms with Gasteiger partial charge in [-0.3, -0.25) is 9.59 Å². The van der Waals surface area contributed by atoms with Gasteiger partial charge >= 0.3 is 5.97 Å². The van der Waals surface area contributed by atoms with Gasteiger partial charge in [-0.15, -0.1) is 0 Å². The molecular weight excluding hydrogens is 288 g/mol. The number of carboxylic acid groups (broad SMARTS) is 1. The summed E-state index contributed by atoms with van der Waals surface area (Å²) in [4.78, 5) is 33.3. The summed E-state index contributed by atoms with van der Waals surface area (Å²) in [5.74, 6) is -2.37. The Morgan fingerprint density at radius 1 is 1.09 bits per heavy atom. The lowest BCUT2D eigenvalue weighted by Gasteiger charge is -2.15. The molecule has 0 spiro atoms. The van der Waals surface area contributed by atoms with Crippen LogP contribution in [0.25, 0.3) is 0 Å². The standard InChI is InChI=1S/C15H28N2O5/c1-2-3-4-5-6-7-11(18)10-14(20)17-12(15(21)22)8-9-13(16)19/h11-12,18H,2-10H2,1H3,(H2,16,19)(H,17,20)(H,21,22). The van der Waals surface area contributed by atoms with E-state index in [-0.39, 0.29) is 19.3 Å². The van der Waals surface area contributed by atoms with Gasteiger partial charge in [0.2, 0.25) is 11.8 Å². The Balaban J connectivity index is 4.01. The minimum atomic E-state index is -1.22. The monoisotopic (exact) mass is 316 g/mol. The molecule has 0 rings (SSSR count). The highest BCUT2D eigenvalue weighted by Gasteiger charge is 2.21. The third-order valence-corrected chi connectivity index (χ3v) is 3.37. The number of aliphatic hydroxyl groups is 1. The summed E-state index contributed by atoms with van der Waals surface area (Å²) in [5.41, 5.74) is 4.96. The molecule has 0 aromatic heterocycles. The molecule has 7 nitrogen and oxygen atoms in total. The lowest BCUT2D eigenvalue weighted by Crippen LogP contribution is -2.42. The van der Waals surface area contributed by atoms with Gasteiger partial charge in [0.05, 0.1) is 12.5 Å². The molecule has 0 heterocycles. The summed E-state index contributed by atoms with van der Waals surface area (Å²) in [5, 5.41) is 21.0. The van der Waals surface area contributed by atoms with Crippen molar-refractivity contribution in [2.75, 3.05) is 0 Å². The van der Waals surface area contributed by atoms with Crippen LogP contribution in [0.4, 0.5) is 0 Å². The summed E-state index contributed by atoms with van der Waals surface area (Å²) in [6, 6.07) is -1.16. The summed E-state index contributed by atoms with van der Waals surface area (Å²) in [6.07, 6.45) is 4.74. The van der Waals surface area contributed by atoms with E-state index in [2.05, 4.69) is 12.2 Å². The van der Waals surface area contributed by atoms with Gasteiger partial charge in [-0.25, -0.2) is 4.79 Å². The molecule has 0 fully saturated rings. The van der Waals surface area contributed by atoms with Gasteiger partial charge in [-0.2, -0.15) is 0 Å². The van der Waals surface area contributed by atoms with Crippen molar-refractivity contribution in [1.82, 2.24) is 5.32 Å². The predicted octanol–water partition coefficient (Wildman–Crippen LogP) is 0.933. The van der Waals surface area contributed by atoms with Crippen molar-refractivity contribution in [3.63, 3.8) is 0 Å². The summed E-state index contributed by atoms with van der Waals surface area (Å²) < 4.78 is 0. The zero-order valence-electron chi connectivity index (χ0n) is 13.2. The topological polar surface area (TPSA) is 130 Å². The van der Waals surface area contributed by atoms with Gasteiger partial charge in [0.25, 0.3) is 0 Å². The fourth-order valence-corrected chi connectivity index (χ4v) is 2.10. The van der Waals surface area contributed by atoms with Crippen molar-refractivity contribution in [2.24, 2.45) is 5.73 Å². The molecule has 2 unspecified atom stereocenters. The fourth-order valence-electron chi connectivity index (χ4n) is 2.10. The number of hydrogen-bond donors (Lipinski definition) is 4. The second-order valence-electron chi connectivity index (χ2n) is 5.52. The molecule has 0 aliphatic heterocycles. The largest absolute Gasteiger partial charge is 0.480 e. The van der Waals surface area contributed by atoms with Crippen LogP contribution in [-0.2, 0) is 14.4 Å². The number of nitrogens with two attached hydrogens (primary N) is 1. The van der Waals surface area contributed by atoms with Gasteiger partial charge < -0.3 is 21.3 Å². The van der Waals surface area contributed by atoms with Crippen LogP contribution >= 0.6 is 0 Å². The Morgan fingerprint density at radius 3 is 2.27 bits per heavy atom. The van der Waals surface area contributed by atoms with E-state index in [4.69, 9.17) is 10.8 Å². The van der Waals surface area contributed by atoms with Crippen LogP contribution in [0.2, 0.25) is 0 Å². The quantitative estimate of drug-likeness (QED) is 0.376. The van der Waals surface area contributed by atoms with Crippen molar-refractivity contribution >= 4 is 17.8 Å². The number of unbranched alkanes of at least 4 members (excludes halogenated alkanes) is 4. The number of amides is 2. The molecule has 0 bridgehead atoms. The van der Waals surface area contributed by atoms with Crippen molar-refractivity contribution in [1.29, 1.82) is 0 Å². The zero-order chi connectivity index (χ0) is 17.0. The molecule has 2 atom stereocenters. The van der Waals surface area contributed by atoms with Crippen LogP contribution in [0.1, 0.15) is 64.7 Å². The van der Waals surface area contributed by atoms with E-state index in [1.807, 2.05) is 0 Å². The number of aliphatic carboxylic acids is 1. The van der Waals surface area contributed by atoms with Crippen molar-refractivity contribution in [2.45, 2.75) is 76.9 Å². The number of carbonyl (C=O) groups excluding carboxylic acids is 2. The zero-order valence-corrected chi connectivity index (χ0v) is 13.2. The van der Waals surface area contributed by atoms with E-state index in [0.717, 1.165) is 32.1 Å². The molecule has 22 heavy (non-hydrogen) atoms. The van der Waals surface area contributed by atoms with E-state index in [9.17, 15) is 19.5 Å². The Hall–Kier alpha value is -1.63. The molecule has 0 radical (unpaired) electrons. The number of rotatable bonds is 13. The minimum Gasteiger partial charge on any atom is -0.480 e. The summed E-state index contributed by atoms with van der Waals surface area (Å²) in [7, 11) is 0. The van der Waals surface area contributed by atoms with E-state index >= 15 is 0 Å². The second-order valence-corrected chi connectivity index (χ2v) is 5.52. The van der Waals surface area contributed by atoms with E-state index in [1.165, 1.54) is 0 Å². The van der Waals surface area contributed by atoms with Gasteiger partial charge in [-0.1, -0.05) is 39.0 Å². The highest BCUT2D eigenvalue weighted by atomic mass is 16.4. The molecule has 128 valence electrons. The number of nitrogens with one attached hydrogen (secondary N) is 1. The second kappa shape index (κ2) is 12.0. The molecule has 0 saturated carbocycles. The molecular formula is C15H28N2O5. The van der Waals surface area contributed by atoms with Gasteiger partial charge in [0.15, 0.2) is 0 Å².